The summed E-state index contributed by atoms with van der Waals surface area (Å²) in [6.07, 6.45) is 0. The topological polar surface area (TPSA) is 113 Å². The zero-order valence-corrected chi connectivity index (χ0v) is 11.4. The van der Waals surface area contributed by atoms with Crippen molar-refractivity contribution in [3.05, 3.63) is 34.4 Å². The zero-order valence-electron chi connectivity index (χ0n) is 11.4. The van der Waals surface area contributed by atoms with E-state index in [1.807, 2.05) is 0 Å². The first kappa shape index (κ1) is 14.8. The molecule has 0 saturated carbocycles. The van der Waals surface area contributed by atoms with Crippen molar-refractivity contribution in [2.45, 2.75) is 6.92 Å². The van der Waals surface area contributed by atoms with Gasteiger partial charge in [0.15, 0.2) is 0 Å². The van der Waals surface area contributed by atoms with Gasteiger partial charge in [-0.2, -0.15) is 0 Å². The van der Waals surface area contributed by atoms with Crippen LogP contribution in [0.3, 0.4) is 0 Å². The second-order valence-electron chi connectivity index (χ2n) is 5.03. The molecule has 1 saturated heterocycles. The van der Waals surface area contributed by atoms with Gasteiger partial charge in [-0.1, -0.05) is 6.92 Å². The van der Waals surface area contributed by atoms with E-state index >= 15 is 0 Å². The Morgan fingerprint density at radius 1 is 1.38 bits per heavy atom. The lowest BCUT2D eigenvalue weighted by Crippen LogP contribution is -2.54. The fourth-order valence-corrected chi connectivity index (χ4v) is 2.07. The van der Waals surface area contributed by atoms with Crippen molar-refractivity contribution in [1.29, 1.82) is 0 Å². The number of carboxylic acids is 1. The van der Waals surface area contributed by atoms with E-state index in [-0.39, 0.29) is 17.6 Å². The molecule has 1 aliphatic rings. The van der Waals surface area contributed by atoms with Gasteiger partial charge in [0.25, 0.3) is 5.69 Å². The minimum absolute atomic E-state index is 0.0369. The number of non-ortho nitro benzene ring substituents is 1. The molecule has 0 aliphatic carbocycles. The van der Waals surface area contributed by atoms with Gasteiger partial charge in [0.05, 0.1) is 10.8 Å². The lowest BCUT2D eigenvalue weighted by Gasteiger charge is -2.40. The quantitative estimate of drug-likeness (QED) is 0.649. The van der Waals surface area contributed by atoms with Crippen LogP contribution in [0.25, 0.3) is 0 Å². The third-order valence-corrected chi connectivity index (χ3v) is 3.62. The van der Waals surface area contributed by atoms with Crippen LogP contribution in [0.5, 0.6) is 0 Å². The average molecular weight is 293 g/mol. The van der Waals surface area contributed by atoms with Crippen molar-refractivity contribution in [3.8, 4) is 0 Å². The Kier molecular flexibility index (Phi) is 4.06. The number of urea groups is 1. The highest BCUT2D eigenvalue weighted by Gasteiger charge is 2.37. The summed E-state index contributed by atoms with van der Waals surface area (Å²) in [5.41, 5.74) is 0.410. The van der Waals surface area contributed by atoms with E-state index in [0.29, 0.717) is 18.8 Å². The molecular weight excluding hydrogens is 278 g/mol. The summed E-state index contributed by atoms with van der Waals surface area (Å²) in [5.74, 6) is -1.38. The number of aliphatic carboxylic acids is 1. The molecule has 2 rings (SSSR count). The highest BCUT2D eigenvalue weighted by atomic mass is 16.6. The third-order valence-electron chi connectivity index (χ3n) is 3.62. The van der Waals surface area contributed by atoms with E-state index in [0.717, 1.165) is 0 Å². The van der Waals surface area contributed by atoms with Gasteiger partial charge in [0.1, 0.15) is 0 Å². The molecule has 21 heavy (non-hydrogen) atoms. The molecule has 112 valence electrons. The number of carbonyl (C=O) groups is 2. The predicted octanol–water partition coefficient (Wildman–Crippen LogP) is 1.78. The SMILES string of the molecule is CC(C(=O)O)C1CN(C(=O)Nc2ccc([N+](=O)[O-])cc2)C1. The largest absolute Gasteiger partial charge is 0.481 e. The van der Waals surface area contributed by atoms with Crippen molar-refractivity contribution in [3.63, 3.8) is 0 Å². The minimum atomic E-state index is -0.865. The van der Waals surface area contributed by atoms with Gasteiger partial charge < -0.3 is 15.3 Å². The smallest absolute Gasteiger partial charge is 0.321 e. The predicted molar refractivity (Wildman–Crippen MR) is 74.0 cm³/mol. The van der Waals surface area contributed by atoms with Crippen molar-refractivity contribution >= 4 is 23.4 Å². The molecule has 8 nitrogen and oxygen atoms in total. The first-order valence-electron chi connectivity index (χ1n) is 6.41. The number of nitro benzene ring substituents is 1. The van der Waals surface area contributed by atoms with Crippen LogP contribution < -0.4 is 5.32 Å². The van der Waals surface area contributed by atoms with Crippen LogP contribution >= 0.6 is 0 Å². The van der Waals surface area contributed by atoms with Gasteiger partial charge in [0.2, 0.25) is 0 Å². The Hall–Kier alpha value is -2.64. The van der Waals surface area contributed by atoms with E-state index < -0.39 is 16.8 Å². The zero-order chi connectivity index (χ0) is 15.6. The van der Waals surface area contributed by atoms with Crippen LogP contribution in [-0.4, -0.2) is 40.0 Å². The number of carboxylic acid groups (broad SMARTS) is 1. The average Bonchev–Trinajstić information content (AvgIpc) is 2.37. The number of nitrogens with zero attached hydrogens (tertiary/aromatic N) is 2. The van der Waals surface area contributed by atoms with Crippen molar-refractivity contribution in [2.24, 2.45) is 11.8 Å². The fourth-order valence-electron chi connectivity index (χ4n) is 2.07. The number of hydrogen-bond donors (Lipinski definition) is 2. The molecular formula is C13H15N3O5. The van der Waals surface area contributed by atoms with Crippen molar-refractivity contribution in [2.75, 3.05) is 18.4 Å². The number of nitro groups is 1. The molecule has 0 bridgehead atoms. The summed E-state index contributed by atoms with van der Waals surface area (Å²) < 4.78 is 0. The molecule has 0 radical (unpaired) electrons. The Morgan fingerprint density at radius 3 is 2.43 bits per heavy atom. The van der Waals surface area contributed by atoms with E-state index in [1.165, 1.54) is 29.2 Å². The molecule has 8 heteroatoms. The summed E-state index contributed by atoms with van der Waals surface area (Å²) in [4.78, 5) is 34.2. The molecule has 1 unspecified atom stereocenters. The van der Waals surface area contributed by atoms with Crippen LogP contribution in [0, 0.1) is 22.0 Å². The number of amides is 2. The molecule has 1 heterocycles. The van der Waals surface area contributed by atoms with E-state index in [2.05, 4.69) is 5.32 Å². The maximum absolute atomic E-state index is 11.9. The summed E-state index contributed by atoms with van der Waals surface area (Å²) in [5, 5.41) is 22.0. The number of hydrogen-bond acceptors (Lipinski definition) is 4. The molecule has 2 amide bonds. The fraction of sp³-hybridized carbons (Fsp3) is 0.385. The number of likely N-dealkylation sites (tertiary alicyclic amines) is 1. The Labute approximate surface area is 120 Å². The van der Waals surface area contributed by atoms with Gasteiger partial charge >= 0.3 is 12.0 Å². The highest BCUT2D eigenvalue weighted by Crippen LogP contribution is 2.25. The Morgan fingerprint density at radius 2 is 1.95 bits per heavy atom. The molecule has 1 fully saturated rings. The monoisotopic (exact) mass is 293 g/mol. The molecule has 1 aromatic carbocycles. The van der Waals surface area contributed by atoms with E-state index in [1.54, 1.807) is 6.92 Å². The molecule has 2 N–H and O–H groups in total. The molecule has 0 spiro atoms. The van der Waals surface area contributed by atoms with Crippen molar-refractivity contribution < 1.29 is 19.6 Å². The van der Waals surface area contributed by atoms with Crippen molar-refractivity contribution in [1.82, 2.24) is 4.90 Å². The normalized spacial score (nSPS) is 16.0. The van der Waals surface area contributed by atoms with Gasteiger partial charge in [-0.05, 0) is 12.1 Å². The Bertz CT molecular complexity index is 566. The van der Waals surface area contributed by atoms with Crippen LogP contribution in [0.15, 0.2) is 24.3 Å². The molecule has 1 atom stereocenters. The lowest BCUT2D eigenvalue weighted by molar-refractivity contribution is -0.384. The maximum atomic E-state index is 11.9. The summed E-state index contributed by atoms with van der Waals surface area (Å²) in [6.45, 7) is 2.41. The molecule has 1 aliphatic heterocycles. The number of benzene rings is 1. The van der Waals surface area contributed by atoms with Gasteiger partial charge in [-0.25, -0.2) is 4.79 Å². The Balaban J connectivity index is 1.86. The maximum Gasteiger partial charge on any atom is 0.321 e. The second kappa shape index (κ2) is 5.78. The number of carbonyl (C=O) groups excluding carboxylic acids is 1. The third kappa shape index (κ3) is 3.28. The molecule has 1 aromatic rings. The molecule has 0 aromatic heterocycles. The van der Waals surface area contributed by atoms with Crippen LogP contribution in [0.4, 0.5) is 16.2 Å². The summed E-state index contributed by atoms with van der Waals surface area (Å²) in [6, 6.07) is 5.18. The van der Waals surface area contributed by atoms with Gasteiger partial charge in [-0.15, -0.1) is 0 Å². The van der Waals surface area contributed by atoms with Gasteiger partial charge in [0, 0.05) is 36.8 Å². The lowest BCUT2D eigenvalue weighted by atomic mass is 9.87. The first-order valence-corrected chi connectivity index (χ1v) is 6.41. The highest BCUT2D eigenvalue weighted by molar-refractivity contribution is 5.90. The number of anilines is 1. The van der Waals surface area contributed by atoms with E-state index in [9.17, 15) is 19.7 Å². The van der Waals surface area contributed by atoms with Gasteiger partial charge in [-0.3, -0.25) is 14.9 Å². The standard InChI is InChI=1S/C13H15N3O5/c1-8(12(17)18)9-6-15(7-9)13(19)14-10-2-4-11(5-3-10)16(20)21/h2-5,8-9H,6-7H2,1H3,(H,14,19)(H,17,18). The summed E-state index contributed by atoms with van der Waals surface area (Å²) in [7, 11) is 0. The van der Waals surface area contributed by atoms with Crippen LogP contribution in [0.1, 0.15) is 6.92 Å². The van der Waals surface area contributed by atoms with Crippen LogP contribution in [0.2, 0.25) is 0 Å². The van der Waals surface area contributed by atoms with E-state index in [4.69, 9.17) is 5.11 Å². The second-order valence-corrected chi connectivity index (χ2v) is 5.03. The minimum Gasteiger partial charge on any atom is -0.481 e. The summed E-state index contributed by atoms with van der Waals surface area (Å²) >= 11 is 0. The first-order chi connectivity index (χ1) is 9.88. The number of nitrogens with one attached hydrogen (secondary N) is 1. The van der Waals surface area contributed by atoms with Crippen LogP contribution in [-0.2, 0) is 4.79 Å². The number of rotatable bonds is 4.